The van der Waals surface area contributed by atoms with E-state index in [4.69, 9.17) is 17.0 Å². The van der Waals surface area contributed by atoms with Gasteiger partial charge >= 0.3 is 0 Å². The summed E-state index contributed by atoms with van der Waals surface area (Å²) in [7, 11) is 1.59. The molecule has 0 saturated heterocycles. The van der Waals surface area contributed by atoms with Crippen LogP contribution >= 0.6 is 12.2 Å². The van der Waals surface area contributed by atoms with E-state index in [1.165, 1.54) is 12.1 Å². The third kappa shape index (κ3) is 4.34. The van der Waals surface area contributed by atoms with E-state index in [9.17, 15) is 9.65 Å². The van der Waals surface area contributed by atoms with Crippen molar-refractivity contribution in [2.24, 2.45) is 5.10 Å². The molecule has 0 saturated carbocycles. The normalized spacial score (nSPS) is 10.6. The Morgan fingerprint density at radius 2 is 1.93 bits per heavy atom. The summed E-state index contributed by atoms with van der Waals surface area (Å²) < 4.78 is 18.5. The molecule has 0 spiro atoms. The quantitative estimate of drug-likeness (QED) is 0.393. The molecule has 2 aromatic carbocycles. The molecule has 0 fully saturated rings. The minimum absolute atomic E-state index is 0.176. The van der Waals surface area contributed by atoms with E-state index in [1.807, 2.05) is 24.3 Å². The molecule has 0 aliphatic rings. The summed E-state index contributed by atoms with van der Waals surface area (Å²) in [4.78, 5) is 7.00. The van der Waals surface area contributed by atoms with Gasteiger partial charge < -0.3 is 9.72 Å². The SMILES string of the molecule is COc1ccc(/C=N/Nc2nc(=S)[nH]c(-c3ccc(F)cc3)c2C#N)cc1. The van der Waals surface area contributed by atoms with E-state index in [1.54, 1.807) is 25.5 Å². The molecule has 0 unspecified atom stereocenters. The zero-order chi connectivity index (χ0) is 19.2. The number of H-pyrrole nitrogens is 1. The molecule has 0 radical (unpaired) electrons. The van der Waals surface area contributed by atoms with Crippen molar-refractivity contribution in [2.45, 2.75) is 0 Å². The number of nitrogens with zero attached hydrogens (tertiary/aromatic N) is 3. The summed E-state index contributed by atoms with van der Waals surface area (Å²) >= 11 is 5.14. The molecule has 6 nitrogen and oxygen atoms in total. The van der Waals surface area contributed by atoms with E-state index in [0.29, 0.717) is 11.3 Å². The van der Waals surface area contributed by atoms with Gasteiger partial charge in [-0.05, 0) is 71.9 Å². The summed E-state index contributed by atoms with van der Waals surface area (Å²) in [5.41, 5.74) is 4.87. The number of ether oxygens (including phenoxy) is 1. The Bertz CT molecular complexity index is 1070. The van der Waals surface area contributed by atoms with E-state index in [0.717, 1.165) is 11.3 Å². The molecule has 0 aliphatic heterocycles. The molecule has 0 atom stereocenters. The van der Waals surface area contributed by atoms with Gasteiger partial charge in [-0.3, -0.25) is 5.43 Å². The summed E-state index contributed by atoms with van der Waals surface area (Å²) in [5, 5.41) is 13.7. The van der Waals surface area contributed by atoms with Crippen LogP contribution < -0.4 is 10.2 Å². The van der Waals surface area contributed by atoms with Crippen LogP contribution in [0.4, 0.5) is 10.2 Å². The molecule has 0 bridgehead atoms. The largest absolute Gasteiger partial charge is 0.497 e. The van der Waals surface area contributed by atoms with Gasteiger partial charge in [-0.1, -0.05) is 0 Å². The van der Waals surface area contributed by atoms with Crippen molar-refractivity contribution in [1.29, 1.82) is 5.26 Å². The number of anilines is 1. The van der Waals surface area contributed by atoms with Crippen LogP contribution in [0.3, 0.4) is 0 Å². The number of benzene rings is 2. The van der Waals surface area contributed by atoms with Crippen LogP contribution in [-0.4, -0.2) is 23.3 Å². The fraction of sp³-hybridized carbons (Fsp3) is 0.0526. The number of rotatable bonds is 5. The monoisotopic (exact) mass is 379 g/mol. The number of aromatic nitrogens is 2. The highest BCUT2D eigenvalue weighted by molar-refractivity contribution is 7.71. The first-order chi connectivity index (χ1) is 13.1. The lowest BCUT2D eigenvalue weighted by Gasteiger charge is -2.08. The Balaban J connectivity index is 1.91. The maximum atomic E-state index is 13.2. The number of hydrogen-bond donors (Lipinski definition) is 2. The van der Waals surface area contributed by atoms with Crippen LogP contribution in [0.25, 0.3) is 11.3 Å². The molecule has 2 N–H and O–H groups in total. The van der Waals surface area contributed by atoms with Gasteiger partial charge in [0, 0.05) is 0 Å². The molecular weight excluding hydrogens is 365 g/mol. The Kier molecular flexibility index (Phi) is 5.54. The van der Waals surface area contributed by atoms with Crippen molar-refractivity contribution in [3.8, 4) is 23.1 Å². The van der Waals surface area contributed by atoms with Crippen molar-refractivity contribution in [2.75, 3.05) is 12.5 Å². The first-order valence-corrected chi connectivity index (χ1v) is 8.25. The summed E-state index contributed by atoms with van der Waals surface area (Å²) in [6, 6.07) is 15.1. The first-order valence-electron chi connectivity index (χ1n) is 7.84. The zero-order valence-electron chi connectivity index (χ0n) is 14.2. The summed E-state index contributed by atoms with van der Waals surface area (Å²) in [5.74, 6) is 0.588. The van der Waals surface area contributed by atoms with Crippen LogP contribution in [0.1, 0.15) is 11.1 Å². The number of hydrazone groups is 1. The molecule has 27 heavy (non-hydrogen) atoms. The molecule has 0 aliphatic carbocycles. The minimum Gasteiger partial charge on any atom is -0.497 e. The smallest absolute Gasteiger partial charge is 0.199 e. The predicted molar refractivity (Wildman–Crippen MR) is 104 cm³/mol. The highest BCUT2D eigenvalue weighted by atomic mass is 32.1. The van der Waals surface area contributed by atoms with E-state index in [2.05, 4.69) is 26.6 Å². The Morgan fingerprint density at radius 3 is 2.56 bits per heavy atom. The lowest BCUT2D eigenvalue weighted by molar-refractivity contribution is 0.415. The maximum absolute atomic E-state index is 13.2. The second-order valence-corrected chi connectivity index (χ2v) is 5.79. The van der Waals surface area contributed by atoms with Gasteiger partial charge in [0.2, 0.25) is 0 Å². The van der Waals surface area contributed by atoms with Crippen molar-refractivity contribution >= 4 is 24.3 Å². The third-order valence-corrected chi connectivity index (χ3v) is 3.87. The van der Waals surface area contributed by atoms with Crippen molar-refractivity contribution in [3.05, 3.63) is 70.2 Å². The van der Waals surface area contributed by atoms with Crippen LogP contribution in [0, 0.1) is 21.9 Å². The van der Waals surface area contributed by atoms with E-state index >= 15 is 0 Å². The van der Waals surface area contributed by atoms with Gasteiger partial charge in [0.05, 0.1) is 19.0 Å². The van der Waals surface area contributed by atoms with Crippen LogP contribution in [0.2, 0.25) is 0 Å². The molecule has 1 heterocycles. The lowest BCUT2D eigenvalue weighted by Crippen LogP contribution is -2.02. The number of hydrogen-bond acceptors (Lipinski definition) is 6. The zero-order valence-corrected chi connectivity index (χ0v) is 15.0. The molecule has 8 heteroatoms. The lowest BCUT2D eigenvalue weighted by atomic mass is 10.1. The third-order valence-electron chi connectivity index (χ3n) is 3.68. The first kappa shape index (κ1) is 18.2. The van der Waals surface area contributed by atoms with Crippen LogP contribution in [-0.2, 0) is 0 Å². The topological polar surface area (TPSA) is 86.1 Å². The number of methoxy groups -OCH3 is 1. The van der Waals surface area contributed by atoms with Crippen molar-refractivity contribution in [1.82, 2.24) is 9.97 Å². The van der Waals surface area contributed by atoms with Crippen molar-refractivity contribution in [3.63, 3.8) is 0 Å². The molecule has 134 valence electrons. The Labute approximate surface area is 160 Å². The number of aromatic amines is 1. The Morgan fingerprint density at radius 1 is 1.22 bits per heavy atom. The van der Waals surface area contributed by atoms with Crippen LogP contribution in [0.5, 0.6) is 5.75 Å². The summed E-state index contributed by atoms with van der Waals surface area (Å²) in [6.07, 6.45) is 1.58. The molecule has 0 amide bonds. The van der Waals surface area contributed by atoms with Gasteiger partial charge in [0.1, 0.15) is 23.2 Å². The van der Waals surface area contributed by atoms with Gasteiger partial charge in [-0.2, -0.15) is 15.3 Å². The van der Waals surface area contributed by atoms with Gasteiger partial charge in [0.25, 0.3) is 0 Å². The van der Waals surface area contributed by atoms with E-state index in [-0.39, 0.29) is 22.0 Å². The van der Waals surface area contributed by atoms with Gasteiger partial charge in [-0.25, -0.2) is 4.39 Å². The van der Waals surface area contributed by atoms with Crippen LogP contribution in [0.15, 0.2) is 53.6 Å². The number of nitriles is 1. The predicted octanol–water partition coefficient (Wildman–Crippen LogP) is 4.27. The fourth-order valence-electron chi connectivity index (χ4n) is 2.35. The average Bonchev–Trinajstić information content (AvgIpc) is 2.69. The second kappa shape index (κ2) is 8.21. The maximum Gasteiger partial charge on any atom is 0.199 e. The molecule has 3 aromatic rings. The highest BCUT2D eigenvalue weighted by Gasteiger charge is 2.12. The average molecular weight is 379 g/mol. The second-order valence-electron chi connectivity index (χ2n) is 5.40. The molecule has 1 aromatic heterocycles. The number of halogens is 1. The van der Waals surface area contributed by atoms with Crippen molar-refractivity contribution < 1.29 is 9.13 Å². The number of nitrogens with one attached hydrogen (secondary N) is 2. The molecular formula is C19H14FN5OS. The van der Waals surface area contributed by atoms with Gasteiger partial charge in [-0.15, -0.1) is 0 Å². The standard InChI is InChI=1S/C19H14FN5OS/c1-26-15-8-2-12(3-9-15)11-22-25-18-16(10-21)17(23-19(27)24-18)13-4-6-14(20)7-5-13/h2-9,11H,1H3,(H2,23,24,25,27)/b22-11+. The Hall–Kier alpha value is -3.57. The van der Waals surface area contributed by atoms with E-state index < -0.39 is 0 Å². The summed E-state index contributed by atoms with van der Waals surface area (Å²) in [6.45, 7) is 0. The fourth-order valence-corrected chi connectivity index (χ4v) is 2.55. The molecule has 3 rings (SSSR count). The highest BCUT2D eigenvalue weighted by Crippen LogP contribution is 2.25. The minimum atomic E-state index is -0.368. The van der Waals surface area contributed by atoms with Gasteiger partial charge in [0.15, 0.2) is 10.6 Å².